The summed E-state index contributed by atoms with van der Waals surface area (Å²) in [7, 11) is 0. The van der Waals surface area contributed by atoms with E-state index in [0.29, 0.717) is 19.3 Å². The van der Waals surface area contributed by atoms with Crippen molar-refractivity contribution < 1.29 is 15.0 Å². The maximum Gasteiger partial charge on any atom is 0.331 e. The fourth-order valence-corrected chi connectivity index (χ4v) is 1.82. The fourth-order valence-electron chi connectivity index (χ4n) is 1.82. The Hall–Kier alpha value is -1.61. The van der Waals surface area contributed by atoms with E-state index < -0.39 is 5.97 Å². The Morgan fingerprint density at radius 2 is 2.06 bits per heavy atom. The van der Waals surface area contributed by atoms with E-state index in [2.05, 4.69) is 6.58 Å². The number of hydrogen-bond acceptors (Lipinski definition) is 2. The van der Waals surface area contributed by atoms with E-state index in [9.17, 15) is 9.90 Å². The van der Waals surface area contributed by atoms with Crippen LogP contribution in [-0.4, -0.2) is 22.3 Å². The van der Waals surface area contributed by atoms with Crippen molar-refractivity contribution in [1.82, 2.24) is 0 Å². The van der Waals surface area contributed by atoms with Crippen LogP contribution in [0.1, 0.15) is 30.0 Å². The average molecular weight is 248 g/mol. The molecule has 1 unspecified atom stereocenters. The Labute approximate surface area is 108 Å². The van der Waals surface area contributed by atoms with Crippen LogP contribution in [0.15, 0.2) is 30.4 Å². The highest BCUT2D eigenvalue weighted by Crippen LogP contribution is 2.18. The topological polar surface area (TPSA) is 57.5 Å². The van der Waals surface area contributed by atoms with E-state index >= 15 is 0 Å². The van der Waals surface area contributed by atoms with Gasteiger partial charge in [-0.2, -0.15) is 0 Å². The van der Waals surface area contributed by atoms with E-state index in [1.807, 2.05) is 32.0 Å². The van der Waals surface area contributed by atoms with Gasteiger partial charge in [-0.1, -0.05) is 37.3 Å². The summed E-state index contributed by atoms with van der Waals surface area (Å²) in [4.78, 5) is 10.8. The highest BCUT2D eigenvalue weighted by atomic mass is 16.4. The molecule has 18 heavy (non-hydrogen) atoms. The monoisotopic (exact) mass is 248 g/mol. The maximum atomic E-state index is 10.8. The van der Waals surface area contributed by atoms with Crippen LogP contribution in [0.2, 0.25) is 0 Å². The van der Waals surface area contributed by atoms with Gasteiger partial charge in [-0.05, 0) is 30.9 Å². The molecule has 0 bridgehead atoms. The van der Waals surface area contributed by atoms with Crippen molar-refractivity contribution in [2.45, 2.75) is 39.2 Å². The molecular weight excluding hydrogens is 228 g/mol. The lowest BCUT2D eigenvalue weighted by Gasteiger charge is -2.13. The third-order valence-corrected chi connectivity index (χ3v) is 2.99. The molecule has 3 nitrogen and oxygen atoms in total. The molecule has 0 fully saturated rings. The number of hydrogen-bond donors (Lipinski definition) is 2. The van der Waals surface area contributed by atoms with Crippen LogP contribution in [0.4, 0.5) is 0 Å². The lowest BCUT2D eigenvalue weighted by atomic mass is 9.94. The highest BCUT2D eigenvalue weighted by Gasteiger charge is 2.11. The van der Waals surface area contributed by atoms with E-state index in [-0.39, 0.29) is 11.7 Å². The molecule has 1 aromatic carbocycles. The first-order valence-electron chi connectivity index (χ1n) is 6.11. The van der Waals surface area contributed by atoms with Gasteiger partial charge >= 0.3 is 5.97 Å². The smallest absolute Gasteiger partial charge is 0.331 e. The summed E-state index contributed by atoms with van der Waals surface area (Å²) in [6.45, 7) is 7.45. The minimum atomic E-state index is -0.974. The summed E-state index contributed by atoms with van der Waals surface area (Å²) < 4.78 is 0. The summed E-state index contributed by atoms with van der Waals surface area (Å²) in [6.07, 6.45) is 1.18. The highest BCUT2D eigenvalue weighted by molar-refractivity contribution is 5.86. The second-order valence-corrected chi connectivity index (χ2v) is 4.62. The second-order valence-electron chi connectivity index (χ2n) is 4.62. The van der Waals surface area contributed by atoms with Gasteiger partial charge in [0.15, 0.2) is 0 Å². The Balaban J connectivity index is 2.96. The zero-order valence-electron chi connectivity index (χ0n) is 10.9. The van der Waals surface area contributed by atoms with Crippen LogP contribution in [0.25, 0.3) is 0 Å². The molecule has 0 amide bonds. The number of rotatable bonds is 6. The van der Waals surface area contributed by atoms with Crippen LogP contribution in [0.5, 0.6) is 0 Å². The van der Waals surface area contributed by atoms with Gasteiger partial charge in [-0.3, -0.25) is 0 Å². The number of carboxylic acids is 1. The SMILES string of the molecule is C=C(Cc1cc(C)ccc1CC(O)CC)C(=O)O. The number of aliphatic hydroxyl groups excluding tert-OH is 1. The zero-order valence-corrected chi connectivity index (χ0v) is 10.9. The molecule has 98 valence electrons. The predicted octanol–water partition coefficient (Wildman–Crippen LogP) is 2.49. The molecule has 2 N–H and O–H groups in total. The molecule has 0 heterocycles. The molecule has 3 heteroatoms. The molecule has 0 radical (unpaired) electrons. The van der Waals surface area contributed by atoms with Crippen LogP contribution in [-0.2, 0) is 17.6 Å². The van der Waals surface area contributed by atoms with E-state index in [4.69, 9.17) is 5.11 Å². The van der Waals surface area contributed by atoms with E-state index in [1.165, 1.54) is 0 Å². The van der Waals surface area contributed by atoms with Gasteiger partial charge in [0.05, 0.1) is 6.10 Å². The summed E-state index contributed by atoms with van der Waals surface area (Å²) >= 11 is 0. The van der Waals surface area contributed by atoms with Gasteiger partial charge in [-0.25, -0.2) is 4.79 Å². The molecule has 0 aliphatic carbocycles. The quantitative estimate of drug-likeness (QED) is 0.760. The first-order valence-corrected chi connectivity index (χ1v) is 6.11. The van der Waals surface area contributed by atoms with E-state index in [0.717, 1.165) is 16.7 Å². The average Bonchev–Trinajstić information content (AvgIpc) is 2.32. The van der Waals surface area contributed by atoms with Crippen molar-refractivity contribution in [3.8, 4) is 0 Å². The number of aliphatic carboxylic acids is 1. The third-order valence-electron chi connectivity index (χ3n) is 2.99. The van der Waals surface area contributed by atoms with Crippen LogP contribution >= 0.6 is 0 Å². The Kier molecular flexibility index (Phi) is 5.10. The van der Waals surface area contributed by atoms with Crippen molar-refractivity contribution in [3.05, 3.63) is 47.0 Å². The lowest BCUT2D eigenvalue weighted by Crippen LogP contribution is -2.12. The van der Waals surface area contributed by atoms with Crippen molar-refractivity contribution in [3.63, 3.8) is 0 Å². The molecular formula is C15H20O3. The predicted molar refractivity (Wildman–Crippen MR) is 71.7 cm³/mol. The van der Waals surface area contributed by atoms with Gasteiger partial charge in [0.25, 0.3) is 0 Å². The van der Waals surface area contributed by atoms with Crippen molar-refractivity contribution in [2.24, 2.45) is 0 Å². The Morgan fingerprint density at radius 3 is 2.61 bits per heavy atom. The molecule has 0 saturated heterocycles. The molecule has 1 rings (SSSR count). The van der Waals surface area contributed by atoms with Gasteiger partial charge < -0.3 is 10.2 Å². The normalized spacial score (nSPS) is 12.2. The molecule has 1 atom stereocenters. The number of aryl methyl sites for hydroxylation is 1. The molecule has 0 aliphatic rings. The molecule has 0 aromatic heterocycles. The summed E-state index contributed by atoms with van der Waals surface area (Å²) in [5.41, 5.74) is 3.19. The van der Waals surface area contributed by atoms with Gasteiger partial charge in [0.1, 0.15) is 0 Å². The summed E-state index contributed by atoms with van der Waals surface area (Å²) in [5, 5.41) is 18.6. The number of aliphatic hydroxyl groups is 1. The van der Waals surface area contributed by atoms with Gasteiger partial charge in [-0.15, -0.1) is 0 Å². The number of carbonyl (C=O) groups is 1. The van der Waals surface area contributed by atoms with Gasteiger partial charge in [0.2, 0.25) is 0 Å². The minimum absolute atomic E-state index is 0.174. The number of benzene rings is 1. The Morgan fingerprint density at radius 1 is 1.39 bits per heavy atom. The van der Waals surface area contributed by atoms with Crippen molar-refractivity contribution in [2.75, 3.05) is 0 Å². The molecule has 0 aliphatic heterocycles. The largest absolute Gasteiger partial charge is 0.478 e. The first-order chi connectivity index (χ1) is 8.43. The second kappa shape index (κ2) is 6.36. The summed E-state index contributed by atoms with van der Waals surface area (Å²) in [5.74, 6) is -0.974. The van der Waals surface area contributed by atoms with Crippen LogP contribution in [0.3, 0.4) is 0 Å². The van der Waals surface area contributed by atoms with E-state index in [1.54, 1.807) is 0 Å². The lowest BCUT2D eigenvalue weighted by molar-refractivity contribution is -0.132. The number of carboxylic acid groups (broad SMARTS) is 1. The summed E-state index contributed by atoms with van der Waals surface area (Å²) in [6, 6.07) is 5.90. The standard InChI is InChI=1S/C15H20O3/c1-4-14(16)9-12-6-5-10(2)7-13(12)8-11(3)15(17)18/h5-7,14,16H,3-4,8-9H2,1-2H3,(H,17,18). The fraction of sp³-hybridized carbons (Fsp3) is 0.400. The first kappa shape index (κ1) is 14.5. The van der Waals surface area contributed by atoms with Gasteiger partial charge in [0, 0.05) is 12.0 Å². The molecule has 0 saturated carbocycles. The van der Waals surface area contributed by atoms with Crippen LogP contribution in [0, 0.1) is 6.92 Å². The maximum absolute atomic E-state index is 10.8. The van der Waals surface area contributed by atoms with Crippen LogP contribution < -0.4 is 0 Å². The third kappa shape index (κ3) is 4.00. The Bertz CT molecular complexity index is 449. The van der Waals surface area contributed by atoms with Crippen molar-refractivity contribution >= 4 is 5.97 Å². The molecule has 0 spiro atoms. The zero-order chi connectivity index (χ0) is 13.7. The molecule has 1 aromatic rings. The minimum Gasteiger partial charge on any atom is -0.478 e. The van der Waals surface area contributed by atoms with Crippen molar-refractivity contribution in [1.29, 1.82) is 0 Å².